The first-order valence-corrected chi connectivity index (χ1v) is 31.8. The SMILES string of the molecule is CCC(C)(C)C(=O)OCC1CCC2OC2C1.CCC(C)(C)C(=O)OCC1CO1.CCC(C)C(=O)OCC1(CC)COC1.CCC(C)C(=O)OCC1CCC2OC2C1.CCC(C)C(=O)OCC1CO1.CCC1(COC(=O)C(C)(C)CC)COC1. The molecule has 18 heteroatoms. The fourth-order valence-corrected chi connectivity index (χ4v) is 8.29. The van der Waals surface area contributed by atoms with Crippen LogP contribution >= 0.6 is 0 Å². The van der Waals surface area contributed by atoms with E-state index in [-0.39, 0.29) is 92.9 Å². The van der Waals surface area contributed by atoms with Crippen LogP contribution < -0.4 is 0 Å². The van der Waals surface area contributed by atoms with E-state index in [4.69, 9.17) is 56.8 Å². The normalized spacial score (nSPS) is 26.3. The predicted octanol–water partition coefficient (Wildman–Crippen LogP) is 11.4. The lowest BCUT2D eigenvalue weighted by Crippen LogP contribution is -2.47. The number of carbonyl (C=O) groups is 6. The van der Waals surface area contributed by atoms with E-state index in [1.807, 2.05) is 104 Å². The van der Waals surface area contributed by atoms with Gasteiger partial charge in [0.05, 0.1) is 122 Å². The zero-order chi connectivity index (χ0) is 62.2. The number of fused-ring (bicyclic) bond motifs is 2. The second-order valence-corrected chi connectivity index (χ2v) is 26.7. The van der Waals surface area contributed by atoms with E-state index in [1.54, 1.807) is 0 Å². The summed E-state index contributed by atoms with van der Waals surface area (Å²) in [5, 5.41) is 0. The molecule has 0 N–H and O–H groups in total. The fourth-order valence-electron chi connectivity index (χ4n) is 8.29. The molecule has 0 aromatic carbocycles. The maximum absolute atomic E-state index is 11.8. The Morgan fingerprint density at radius 2 is 0.747 bits per heavy atom. The fraction of sp³-hybridized carbons (Fsp3) is 0.908. The molecule has 11 unspecified atom stereocenters. The molecular formula is C65H114O18. The molecule has 8 rings (SSSR count). The minimum atomic E-state index is -0.362. The summed E-state index contributed by atoms with van der Waals surface area (Å²) in [5.74, 6) is 0.616. The first-order chi connectivity index (χ1) is 39.1. The van der Waals surface area contributed by atoms with E-state index in [9.17, 15) is 28.8 Å². The largest absolute Gasteiger partial charge is 0.465 e. The Morgan fingerprint density at radius 1 is 0.434 bits per heavy atom. The van der Waals surface area contributed by atoms with Crippen molar-refractivity contribution in [1.82, 2.24) is 0 Å². The molecule has 8 aliphatic rings. The molecule has 482 valence electrons. The number of hydrogen-bond donors (Lipinski definition) is 0. The van der Waals surface area contributed by atoms with Crippen LogP contribution in [0.3, 0.4) is 0 Å². The van der Waals surface area contributed by atoms with E-state index in [1.165, 1.54) is 0 Å². The van der Waals surface area contributed by atoms with E-state index in [0.29, 0.717) is 75.9 Å². The van der Waals surface area contributed by atoms with Crippen molar-refractivity contribution in [1.29, 1.82) is 0 Å². The second-order valence-electron chi connectivity index (χ2n) is 26.7. The van der Waals surface area contributed by atoms with Crippen molar-refractivity contribution in [3.63, 3.8) is 0 Å². The molecule has 8 fully saturated rings. The van der Waals surface area contributed by atoms with Crippen molar-refractivity contribution in [3.05, 3.63) is 0 Å². The van der Waals surface area contributed by atoms with Crippen molar-refractivity contribution in [2.75, 3.05) is 79.3 Å². The molecule has 0 aromatic heterocycles. The summed E-state index contributed by atoms with van der Waals surface area (Å²) in [5.41, 5.74) is -0.843. The predicted molar refractivity (Wildman–Crippen MR) is 315 cm³/mol. The maximum Gasteiger partial charge on any atom is 0.311 e. The minimum absolute atomic E-state index is 0.0184. The van der Waals surface area contributed by atoms with Crippen molar-refractivity contribution >= 4 is 35.8 Å². The lowest BCUT2D eigenvalue weighted by atomic mass is 9.84. The Hall–Kier alpha value is -3.42. The van der Waals surface area contributed by atoms with Gasteiger partial charge in [0.25, 0.3) is 0 Å². The molecule has 6 heterocycles. The van der Waals surface area contributed by atoms with Crippen molar-refractivity contribution in [3.8, 4) is 0 Å². The molecule has 6 aliphatic heterocycles. The van der Waals surface area contributed by atoms with Gasteiger partial charge in [-0.2, -0.15) is 0 Å². The van der Waals surface area contributed by atoms with Gasteiger partial charge in [0.1, 0.15) is 38.6 Å². The topological polar surface area (TPSA) is 226 Å². The number of rotatable bonds is 26. The molecule has 6 saturated heterocycles. The Bertz CT molecular complexity index is 1940. The maximum atomic E-state index is 11.8. The summed E-state index contributed by atoms with van der Waals surface area (Å²) in [7, 11) is 0. The summed E-state index contributed by atoms with van der Waals surface area (Å²) in [6.45, 7) is 40.8. The molecule has 11 atom stereocenters. The molecule has 0 spiro atoms. The monoisotopic (exact) mass is 1180 g/mol. The Labute approximate surface area is 499 Å². The third-order valence-corrected chi connectivity index (χ3v) is 18.3. The molecule has 2 aliphatic carbocycles. The number of carbonyl (C=O) groups excluding carboxylic acids is 6. The van der Waals surface area contributed by atoms with Crippen LogP contribution in [0.1, 0.15) is 208 Å². The van der Waals surface area contributed by atoms with Crippen molar-refractivity contribution in [2.24, 2.45) is 56.7 Å². The highest BCUT2D eigenvalue weighted by atomic mass is 16.6. The quantitative estimate of drug-likeness (QED) is 0.0445. The molecule has 0 bridgehead atoms. The van der Waals surface area contributed by atoms with Crippen LogP contribution in [-0.2, 0) is 85.6 Å². The minimum Gasteiger partial charge on any atom is -0.465 e. The lowest BCUT2D eigenvalue weighted by Gasteiger charge is -2.40. The van der Waals surface area contributed by atoms with Crippen LogP contribution in [0, 0.1) is 56.7 Å². The molecule has 0 aromatic rings. The van der Waals surface area contributed by atoms with Crippen LogP contribution in [-0.4, -0.2) is 152 Å². The van der Waals surface area contributed by atoms with Gasteiger partial charge in [0, 0.05) is 0 Å². The Kier molecular flexibility index (Phi) is 31.5. The molecule has 0 amide bonds. The van der Waals surface area contributed by atoms with Gasteiger partial charge in [-0.25, -0.2) is 0 Å². The smallest absolute Gasteiger partial charge is 0.311 e. The van der Waals surface area contributed by atoms with Crippen LogP contribution in [0.4, 0.5) is 0 Å². The lowest BCUT2D eigenvalue weighted by molar-refractivity contribution is -0.178. The second kappa shape index (κ2) is 35.4. The summed E-state index contributed by atoms with van der Waals surface area (Å²) in [4.78, 5) is 68.8. The number of esters is 6. The summed E-state index contributed by atoms with van der Waals surface area (Å²) >= 11 is 0. The number of ether oxygens (including phenoxy) is 12. The van der Waals surface area contributed by atoms with E-state index in [0.717, 1.165) is 130 Å². The van der Waals surface area contributed by atoms with E-state index in [2.05, 4.69) is 13.8 Å². The van der Waals surface area contributed by atoms with Gasteiger partial charge < -0.3 is 56.8 Å². The van der Waals surface area contributed by atoms with Gasteiger partial charge in [-0.05, 0) is 143 Å². The first kappa shape index (κ1) is 73.8. The molecule has 2 saturated carbocycles. The Morgan fingerprint density at radius 3 is 1.06 bits per heavy atom. The molecule has 18 nitrogen and oxygen atoms in total. The van der Waals surface area contributed by atoms with Gasteiger partial charge in [-0.15, -0.1) is 0 Å². The van der Waals surface area contributed by atoms with Crippen molar-refractivity contribution < 1.29 is 85.6 Å². The number of epoxide rings is 4. The average Bonchev–Trinajstić information content (AvgIpc) is 4.44. The standard InChI is InChI=1S/C13H22O3.C12H20O3.C12H22O3.C11H20O3.C9H16O3.C8H14O3/c1-4-13(2,3)12(14)15-8-9-5-6-10-11(7-9)16-10;1-3-8(2)12(13)14-7-9-4-5-10-11(6-9)15-10;1-5-11(3,4)10(13)15-9-12(6-2)7-14-8-12;1-4-9(3)10(12)14-8-11(5-2)6-13-7-11;1-4-9(2,3)8(10)12-6-7-5-11-7;1-3-6(2)8(9)11-5-7-4-10-7/h9-11H,4-8H2,1-3H3;8-11H,3-7H2,1-2H3;5-9H2,1-4H3;9H,4-8H2,1-3H3;7H,4-6H2,1-3H3;6-7H,3-5H2,1-2H3. The third kappa shape index (κ3) is 26.6. The van der Waals surface area contributed by atoms with Crippen LogP contribution in [0.5, 0.6) is 0 Å². The van der Waals surface area contributed by atoms with Crippen LogP contribution in [0.2, 0.25) is 0 Å². The third-order valence-electron chi connectivity index (χ3n) is 18.3. The Balaban J connectivity index is 0.000000262. The van der Waals surface area contributed by atoms with Gasteiger partial charge in [0.2, 0.25) is 0 Å². The zero-order valence-corrected chi connectivity index (χ0v) is 54.6. The van der Waals surface area contributed by atoms with Gasteiger partial charge in [0.15, 0.2) is 0 Å². The zero-order valence-electron chi connectivity index (χ0n) is 54.6. The number of hydrogen-bond acceptors (Lipinski definition) is 18. The summed E-state index contributed by atoms with van der Waals surface area (Å²) < 4.78 is 62.4. The molecular weight excluding hydrogens is 1070 g/mol. The van der Waals surface area contributed by atoms with Gasteiger partial charge >= 0.3 is 35.8 Å². The highest BCUT2D eigenvalue weighted by Crippen LogP contribution is 2.41. The molecule has 83 heavy (non-hydrogen) atoms. The first-order valence-electron chi connectivity index (χ1n) is 31.8. The van der Waals surface area contributed by atoms with Gasteiger partial charge in [-0.3, -0.25) is 28.8 Å². The van der Waals surface area contributed by atoms with Crippen molar-refractivity contribution in [2.45, 2.75) is 244 Å². The van der Waals surface area contributed by atoms with E-state index >= 15 is 0 Å². The van der Waals surface area contributed by atoms with Crippen LogP contribution in [0.25, 0.3) is 0 Å². The highest BCUT2D eigenvalue weighted by Gasteiger charge is 2.46. The van der Waals surface area contributed by atoms with E-state index < -0.39 is 0 Å². The summed E-state index contributed by atoms with van der Waals surface area (Å²) in [6.07, 6.45) is 16.1. The van der Waals surface area contributed by atoms with Crippen LogP contribution in [0.15, 0.2) is 0 Å². The summed E-state index contributed by atoms with van der Waals surface area (Å²) in [6, 6.07) is 0. The van der Waals surface area contributed by atoms with Gasteiger partial charge in [-0.1, -0.05) is 76.2 Å². The average molecular weight is 1180 g/mol. The highest BCUT2D eigenvalue weighted by molar-refractivity contribution is 5.77. The molecule has 0 radical (unpaired) electrons.